The molecule has 8 heteroatoms. The Labute approximate surface area is 206 Å². The van der Waals surface area contributed by atoms with Gasteiger partial charge in [-0.2, -0.15) is 13.2 Å². The number of aryl methyl sites for hydroxylation is 1. The van der Waals surface area contributed by atoms with E-state index in [0.29, 0.717) is 36.1 Å². The minimum atomic E-state index is -4.51. The molecule has 1 aliphatic rings. The maximum absolute atomic E-state index is 13.5. The van der Waals surface area contributed by atoms with Crippen LogP contribution in [0.2, 0.25) is 0 Å². The van der Waals surface area contributed by atoms with Crippen LogP contribution in [0, 0.1) is 18.8 Å². The van der Waals surface area contributed by atoms with Crippen molar-refractivity contribution in [3.8, 4) is 17.6 Å². The molecule has 0 unspecified atom stereocenters. The first-order valence-electron chi connectivity index (χ1n) is 12.0. The van der Waals surface area contributed by atoms with Gasteiger partial charge in [0, 0.05) is 30.2 Å². The zero-order chi connectivity index (χ0) is 25.6. The van der Waals surface area contributed by atoms with Crippen LogP contribution in [-0.2, 0) is 22.9 Å². The van der Waals surface area contributed by atoms with Crippen molar-refractivity contribution >= 4 is 15.7 Å². The number of ether oxygens (including phenoxy) is 1. The summed E-state index contributed by atoms with van der Waals surface area (Å²) < 4.78 is 72.6. The smallest absolute Gasteiger partial charge is 0.422 e. The fourth-order valence-electron chi connectivity index (χ4n) is 4.09. The molecular weight excluding hydrogens is 475 g/mol. The van der Waals surface area contributed by atoms with E-state index in [1.54, 1.807) is 24.3 Å². The number of halogens is 3. The molecule has 0 fully saturated rings. The summed E-state index contributed by atoms with van der Waals surface area (Å²) >= 11 is 0. The number of benzene rings is 2. The van der Waals surface area contributed by atoms with Crippen molar-refractivity contribution in [3.05, 3.63) is 52.6 Å². The van der Waals surface area contributed by atoms with Gasteiger partial charge in [0.2, 0.25) is 0 Å². The number of sulfonamides is 1. The molecule has 35 heavy (non-hydrogen) atoms. The molecule has 0 saturated heterocycles. The molecule has 0 spiro atoms. The molecule has 0 saturated carbocycles. The number of alkyl halides is 3. The summed E-state index contributed by atoms with van der Waals surface area (Å²) in [5.74, 6) is 6.38. The molecule has 0 amide bonds. The molecule has 190 valence electrons. The molecule has 2 aromatic rings. The fourth-order valence-corrected chi connectivity index (χ4v) is 5.57. The minimum absolute atomic E-state index is 0.0559. The van der Waals surface area contributed by atoms with Crippen molar-refractivity contribution < 1.29 is 26.3 Å². The van der Waals surface area contributed by atoms with E-state index in [4.69, 9.17) is 4.74 Å². The first-order valence-corrected chi connectivity index (χ1v) is 13.5. The Morgan fingerprint density at radius 3 is 2.40 bits per heavy atom. The van der Waals surface area contributed by atoms with Crippen molar-refractivity contribution in [2.24, 2.45) is 0 Å². The lowest BCUT2D eigenvalue weighted by molar-refractivity contribution is -0.153. The lowest BCUT2D eigenvalue weighted by atomic mass is 9.94. The predicted molar refractivity (Wildman–Crippen MR) is 132 cm³/mol. The van der Waals surface area contributed by atoms with E-state index in [0.717, 1.165) is 36.8 Å². The Morgan fingerprint density at radius 1 is 1.09 bits per heavy atom. The van der Waals surface area contributed by atoms with Crippen LogP contribution in [0.1, 0.15) is 68.2 Å². The lowest BCUT2D eigenvalue weighted by Crippen LogP contribution is -2.29. The number of hydrogen-bond acceptors (Lipinski definition) is 3. The highest BCUT2D eigenvalue weighted by molar-refractivity contribution is 7.92. The summed E-state index contributed by atoms with van der Waals surface area (Å²) in [6.45, 7) is 4.69. The Balaban J connectivity index is 2.16. The number of hydrogen-bond donors (Lipinski definition) is 0. The number of fused-ring (bicyclic) bond motifs is 1. The van der Waals surface area contributed by atoms with Gasteiger partial charge in [0.1, 0.15) is 5.75 Å². The third-order valence-electron chi connectivity index (χ3n) is 5.96. The summed E-state index contributed by atoms with van der Waals surface area (Å²) in [7, 11) is -3.90. The topological polar surface area (TPSA) is 46.6 Å². The van der Waals surface area contributed by atoms with Crippen molar-refractivity contribution in [1.29, 1.82) is 0 Å². The molecular formula is C27H32F3NO3S. The standard InChI is InChI=1S/C27H32F3NO3S/c1-4-6-8-9-11-22-23-16-17-31(35(32,33)21-14-12-20(3)13-15-21)25(23)18-26(24(22)10-7-5-2)34-19-27(28,29)30/h12-15,18H,4-8,10,16-17,19H2,1-3H3. The molecule has 0 radical (unpaired) electrons. The van der Waals surface area contributed by atoms with E-state index in [9.17, 15) is 21.6 Å². The van der Waals surface area contributed by atoms with Crippen LogP contribution in [0.4, 0.5) is 18.9 Å². The van der Waals surface area contributed by atoms with E-state index in [-0.39, 0.29) is 17.2 Å². The Morgan fingerprint density at radius 2 is 1.77 bits per heavy atom. The third kappa shape index (κ3) is 6.52. The average Bonchev–Trinajstić information content (AvgIpc) is 3.23. The second-order valence-electron chi connectivity index (χ2n) is 8.78. The van der Waals surface area contributed by atoms with Gasteiger partial charge < -0.3 is 4.74 Å². The molecule has 0 aliphatic carbocycles. The lowest BCUT2D eigenvalue weighted by Gasteiger charge is -2.23. The van der Waals surface area contributed by atoms with Crippen LogP contribution < -0.4 is 9.04 Å². The van der Waals surface area contributed by atoms with E-state index >= 15 is 0 Å². The van der Waals surface area contributed by atoms with E-state index in [2.05, 4.69) is 18.8 Å². The molecule has 0 aromatic heterocycles. The highest BCUT2D eigenvalue weighted by atomic mass is 32.2. The van der Waals surface area contributed by atoms with Gasteiger partial charge in [-0.1, -0.05) is 56.2 Å². The summed E-state index contributed by atoms with van der Waals surface area (Å²) in [6.07, 6.45) is 0.614. The first-order chi connectivity index (χ1) is 16.6. The second-order valence-corrected chi connectivity index (χ2v) is 10.6. The molecule has 0 atom stereocenters. The minimum Gasteiger partial charge on any atom is -0.484 e. The molecule has 2 aromatic carbocycles. The number of nitrogens with zero attached hydrogens (tertiary/aromatic N) is 1. The van der Waals surface area contributed by atoms with Gasteiger partial charge in [-0.3, -0.25) is 4.31 Å². The van der Waals surface area contributed by atoms with Gasteiger partial charge in [-0.05, 0) is 50.3 Å². The SMILES string of the molecule is CCCCC#Cc1c(CCCC)c(OCC(F)(F)F)cc2c1CCN2S(=O)(=O)c1ccc(C)cc1. The molecule has 0 N–H and O–H groups in total. The quantitative estimate of drug-likeness (QED) is 0.285. The summed E-state index contributed by atoms with van der Waals surface area (Å²) in [5.41, 5.74) is 3.29. The highest BCUT2D eigenvalue weighted by Crippen LogP contribution is 2.41. The van der Waals surface area contributed by atoms with E-state index < -0.39 is 22.8 Å². The zero-order valence-electron chi connectivity index (χ0n) is 20.5. The second kappa shape index (κ2) is 11.4. The molecule has 3 rings (SSSR count). The summed E-state index contributed by atoms with van der Waals surface area (Å²) in [5, 5.41) is 0. The van der Waals surface area contributed by atoms with Crippen LogP contribution in [0.25, 0.3) is 0 Å². The van der Waals surface area contributed by atoms with E-state index in [1.807, 2.05) is 13.8 Å². The van der Waals surface area contributed by atoms with Gasteiger partial charge in [-0.15, -0.1) is 0 Å². The predicted octanol–water partition coefficient (Wildman–Crippen LogP) is 6.57. The zero-order valence-corrected chi connectivity index (χ0v) is 21.3. The van der Waals surface area contributed by atoms with Gasteiger partial charge in [0.05, 0.1) is 10.6 Å². The Bertz CT molecular complexity index is 1190. The Kier molecular flexibility index (Phi) is 8.76. The average molecular weight is 508 g/mol. The van der Waals surface area contributed by atoms with Crippen molar-refractivity contribution in [1.82, 2.24) is 0 Å². The normalized spacial score (nSPS) is 13.4. The number of rotatable bonds is 9. The summed E-state index contributed by atoms with van der Waals surface area (Å²) in [6, 6.07) is 8.00. The maximum Gasteiger partial charge on any atom is 0.422 e. The van der Waals surface area contributed by atoms with Crippen molar-refractivity contribution in [3.63, 3.8) is 0 Å². The van der Waals surface area contributed by atoms with Crippen LogP contribution in [0.5, 0.6) is 5.75 Å². The van der Waals surface area contributed by atoms with Gasteiger partial charge in [-0.25, -0.2) is 8.42 Å². The van der Waals surface area contributed by atoms with Crippen molar-refractivity contribution in [2.75, 3.05) is 17.5 Å². The Hall–Kier alpha value is -2.66. The molecule has 4 nitrogen and oxygen atoms in total. The number of unbranched alkanes of at least 4 members (excludes halogenated alkanes) is 3. The first kappa shape index (κ1) is 26.9. The largest absolute Gasteiger partial charge is 0.484 e. The van der Waals surface area contributed by atoms with Crippen molar-refractivity contribution in [2.45, 2.75) is 76.8 Å². The fraction of sp³-hybridized carbons (Fsp3) is 0.481. The molecule has 0 bridgehead atoms. The van der Waals surface area contributed by atoms with E-state index in [1.165, 1.54) is 10.4 Å². The van der Waals surface area contributed by atoms with Crippen LogP contribution >= 0.6 is 0 Å². The summed E-state index contributed by atoms with van der Waals surface area (Å²) in [4.78, 5) is 0.138. The number of anilines is 1. The van der Waals surface area contributed by atoms with Crippen LogP contribution in [0.15, 0.2) is 35.2 Å². The van der Waals surface area contributed by atoms with Gasteiger partial charge >= 0.3 is 6.18 Å². The molecule has 1 aliphatic heterocycles. The monoisotopic (exact) mass is 507 g/mol. The maximum atomic E-state index is 13.5. The molecule has 1 heterocycles. The van der Waals surface area contributed by atoms with Gasteiger partial charge in [0.25, 0.3) is 10.0 Å². The van der Waals surface area contributed by atoms with Crippen LogP contribution in [-0.4, -0.2) is 27.7 Å². The van der Waals surface area contributed by atoms with Gasteiger partial charge in [0.15, 0.2) is 6.61 Å². The highest BCUT2D eigenvalue weighted by Gasteiger charge is 2.35. The third-order valence-corrected chi connectivity index (χ3v) is 7.79. The van der Waals surface area contributed by atoms with Crippen LogP contribution in [0.3, 0.4) is 0 Å².